The Morgan fingerprint density at radius 1 is 0.972 bits per heavy atom. The van der Waals surface area contributed by atoms with Crippen LogP contribution in [0.1, 0.15) is 50.7 Å². The molecule has 36 heavy (non-hydrogen) atoms. The lowest BCUT2D eigenvalue weighted by Gasteiger charge is -2.30. The molecule has 0 aliphatic heterocycles. The smallest absolute Gasteiger partial charge is 0.350 e. The van der Waals surface area contributed by atoms with E-state index in [9.17, 15) is 24.7 Å². The molecule has 0 bridgehead atoms. The molecule has 2 aromatic carbocycles. The number of amides is 2. The van der Waals surface area contributed by atoms with Crippen molar-refractivity contribution >= 4 is 11.8 Å². The lowest BCUT2D eigenvalue weighted by molar-refractivity contribution is -0.134. The summed E-state index contributed by atoms with van der Waals surface area (Å²) in [5.74, 6) is -1.57. The van der Waals surface area contributed by atoms with Gasteiger partial charge in [-0.3, -0.25) is 19.4 Å². The largest absolute Gasteiger partial charge is 0.492 e. The molecule has 192 valence electrons. The second kappa shape index (κ2) is 12.7. The fraction of sp³-hybridized carbons (Fsp3) is 0.370. The standard InChI is InChI=1S/C27H34N4O5/c1-20(2)16-17-24(32)30(23(26(34)28-36)15-9-14-21-10-5-3-6-11-21)31-25(33)19-29(27(31)35)18-22-12-7-4-8-13-22/h3-8,10-13,19-20,23,33,36H,9,14-18H2,1-2H3,(H,28,34)/t23-/m0/s1. The Morgan fingerprint density at radius 3 is 2.17 bits per heavy atom. The number of benzene rings is 2. The van der Waals surface area contributed by atoms with Crippen LogP contribution in [-0.4, -0.2) is 37.4 Å². The van der Waals surface area contributed by atoms with E-state index in [-0.39, 0.29) is 25.3 Å². The van der Waals surface area contributed by atoms with Gasteiger partial charge in [-0.05, 0) is 42.7 Å². The van der Waals surface area contributed by atoms with Crippen LogP contribution in [0, 0.1) is 5.92 Å². The highest BCUT2D eigenvalue weighted by atomic mass is 16.5. The molecule has 0 aliphatic carbocycles. The van der Waals surface area contributed by atoms with Gasteiger partial charge in [0.15, 0.2) is 0 Å². The van der Waals surface area contributed by atoms with Crippen molar-refractivity contribution in [2.45, 2.75) is 58.5 Å². The molecular weight excluding hydrogens is 460 g/mol. The molecule has 9 nitrogen and oxygen atoms in total. The molecule has 3 N–H and O–H groups in total. The Kier molecular flexibility index (Phi) is 9.46. The van der Waals surface area contributed by atoms with Crippen LogP contribution in [0.3, 0.4) is 0 Å². The Hall–Kier alpha value is -3.85. The van der Waals surface area contributed by atoms with Crippen LogP contribution in [0.5, 0.6) is 5.88 Å². The number of rotatable bonds is 12. The SMILES string of the molecule is CC(C)CCC(=O)N([C@@H](CCCc1ccccc1)C(=O)NO)n1c(O)cn(Cc2ccccc2)c1=O. The average molecular weight is 495 g/mol. The highest BCUT2D eigenvalue weighted by Gasteiger charge is 2.34. The number of hydrogen-bond acceptors (Lipinski definition) is 5. The predicted molar refractivity (Wildman–Crippen MR) is 136 cm³/mol. The van der Waals surface area contributed by atoms with Gasteiger partial charge in [-0.2, -0.15) is 4.68 Å². The van der Waals surface area contributed by atoms with Gasteiger partial charge in [0.05, 0.1) is 12.7 Å². The second-order valence-corrected chi connectivity index (χ2v) is 9.24. The predicted octanol–water partition coefficient (Wildman–Crippen LogP) is 3.20. The van der Waals surface area contributed by atoms with E-state index in [2.05, 4.69) is 0 Å². The fourth-order valence-electron chi connectivity index (χ4n) is 4.10. The zero-order chi connectivity index (χ0) is 26.1. The summed E-state index contributed by atoms with van der Waals surface area (Å²) >= 11 is 0. The monoisotopic (exact) mass is 494 g/mol. The first-order chi connectivity index (χ1) is 17.3. The molecule has 1 atom stereocenters. The number of imidazole rings is 1. The number of nitrogens with zero attached hydrogens (tertiary/aromatic N) is 3. The van der Waals surface area contributed by atoms with Crippen molar-refractivity contribution in [2.24, 2.45) is 5.92 Å². The molecule has 2 amide bonds. The maximum absolute atomic E-state index is 13.4. The quantitative estimate of drug-likeness (QED) is 0.264. The molecule has 0 saturated carbocycles. The molecule has 1 aromatic heterocycles. The first-order valence-electron chi connectivity index (χ1n) is 12.2. The number of hydrogen-bond donors (Lipinski definition) is 3. The van der Waals surface area contributed by atoms with Crippen molar-refractivity contribution in [1.29, 1.82) is 0 Å². The van der Waals surface area contributed by atoms with Crippen molar-refractivity contribution in [3.8, 4) is 5.88 Å². The van der Waals surface area contributed by atoms with Crippen LogP contribution < -0.4 is 16.2 Å². The highest BCUT2D eigenvalue weighted by molar-refractivity contribution is 5.94. The number of nitrogens with one attached hydrogen (secondary N) is 1. The van der Waals surface area contributed by atoms with Gasteiger partial charge in [0, 0.05) is 6.42 Å². The molecule has 1 heterocycles. The summed E-state index contributed by atoms with van der Waals surface area (Å²) < 4.78 is 2.12. The van der Waals surface area contributed by atoms with Crippen molar-refractivity contribution in [2.75, 3.05) is 5.01 Å². The molecule has 9 heteroatoms. The first-order valence-corrected chi connectivity index (χ1v) is 12.2. The first kappa shape index (κ1) is 26.7. The molecule has 0 fully saturated rings. The minimum absolute atomic E-state index is 0.0707. The topological polar surface area (TPSA) is 117 Å². The van der Waals surface area contributed by atoms with Gasteiger partial charge in [-0.15, -0.1) is 0 Å². The van der Waals surface area contributed by atoms with Gasteiger partial charge in [-0.1, -0.05) is 74.5 Å². The Morgan fingerprint density at radius 2 is 1.58 bits per heavy atom. The molecule has 0 unspecified atom stereocenters. The van der Waals surface area contributed by atoms with E-state index >= 15 is 0 Å². The number of aromatic hydroxyl groups is 1. The molecule has 3 aromatic rings. The molecule has 3 rings (SSSR count). The van der Waals surface area contributed by atoms with E-state index in [1.165, 1.54) is 10.8 Å². The minimum Gasteiger partial charge on any atom is -0.492 e. The van der Waals surface area contributed by atoms with Gasteiger partial charge in [0.25, 0.3) is 5.91 Å². The third-order valence-electron chi connectivity index (χ3n) is 6.01. The molecule has 0 radical (unpaired) electrons. The van der Waals surface area contributed by atoms with E-state index in [4.69, 9.17) is 0 Å². The van der Waals surface area contributed by atoms with Gasteiger partial charge < -0.3 is 5.11 Å². The third-order valence-corrected chi connectivity index (χ3v) is 6.01. The molecular formula is C27H34N4O5. The highest BCUT2D eigenvalue weighted by Crippen LogP contribution is 2.18. The molecule has 0 spiro atoms. The van der Waals surface area contributed by atoms with Crippen molar-refractivity contribution in [3.05, 3.63) is 88.5 Å². The second-order valence-electron chi connectivity index (χ2n) is 9.24. The molecule has 0 saturated heterocycles. The van der Waals surface area contributed by atoms with E-state index in [1.54, 1.807) is 5.48 Å². The summed E-state index contributed by atoms with van der Waals surface area (Å²) in [6.07, 6.45) is 3.17. The van der Waals surface area contributed by atoms with Gasteiger partial charge in [0.2, 0.25) is 11.8 Å². The number of carbonyl (C=O) groups excluding carboxylic acids is 2. The van der Waals surface area contributed by atoms with Crippen molar-refractivity contribution in [3.63, 3.8) is 0 Å². The third kappa shape index (κ3) is 6.85. The van der Waals surface area contributed by atoms with Crippen LogP contribution in [0.4, 0.5) is 0 Å². The van der Waals surface area contributed by atoms with Crippen LogP contribution in [0.15, 0.2) is 71.7 Å². The number of carbonyl (C=O) groups is 2. The number of hydroxylamine groups is 1. The summed E-state index contributed by atoms with van der Waals surface area (Å²) in [5.41, 5.74) is 2.87. The summed E-state index contributed by atoms with van der Waals surface area (Å²) in [6, 6.07) is 17.7. The maximum atomic E-state index is 13.4. The molecule has 0 aliphatic rings. The Labute approximate surface area is 210 Å². The fourth-order valence-corrected chi connectivity index (χ4v) is 4.10. The van der Waals surface area contributed by atoms with Crippen LogP contribution in [0.25, 0.3) is 0 Å². The van der Waals surface area contributed by atoms with Gasteiger partial charge in [-0.25, -0.2) is 15.3 Å². The lowest BCUT2D eigenvalue weighted by Crippen LogP contribution is -2.57. The van der Waals surface area contributed by atoms with E-state index in [0.717, 1.165) is 20.8 Å². The zero-order valence-electron chi connectivity index (χ0n) is 20.7. The van der Waals surface area contributed by atoms with Crippen LogP contribution >= 0.6 is 0 Å². The van der Waals surface area contributed by atoms with Crippen LogP contribution in [0.2, 0.25) is 0 Å². The summed E-state index contributed by atoms with van der Waals surface area (Å²) in [4.78, 5) is 39.5. The van der Waals surface area contributed by atoms with Crippen molar-refractivity contribution < 1.29 is 19.9 Å². The maximum Gasteiger partial charge on any atom is 0.350 e. The van der Waals surface area contributed by atoms with E-state index in [1.807, 2.05) is 74.5 Å². The normalized spacial score (nSPS) is 11.9. The Bertz CT molecular complexity index is 1190. The summed E-state index contributed by atoms with van der Waals surface area (Å²) in [5, 5.41) is 21.2. The average Bonchev–Trinajstić information content (AvgIpc) is 3.15. The van der Waals surface area contributed by atoms with Gasteiger partial charge in [0.1, 0.15) is 6.04 Å². The lowest BCUT2D eigenvalue weighted by atomic mass is 10.0. The minimum atomic E-state index is -1.20. The zero-order valence-corrected chi connectivity index (χ0v) is 20.7. The summed E-state index contributed by atoms with van der Waals surface area (Å²) in [7, 11) is 0. The van der Waals surface area contributed by atoms with Crippen molar-refractivity contribution in [1.82, 2.24) is 14.7 Å². The van der Waals surface area contributed by atoms with E-state index < -0.39 is 29.4 Å². The Balaban J connectivity index is 1.95. The number of aryl methyl sites for hydroxylation is 1. The van der Waals surface area contributed by atoms with Crippen LogP contribution in [-0.2, 0) is 22.6 Å². The number of aromatic nitrogens is 2. The van der Waals surface area contributed by atoms with Gasteiger partial charge >= 0.3 is 5.69 Å². The van der Waals surface area contributed by atoms with E-state index in [0.29, 0.717) is 19.3 Å². The summed E-state index contributed by atoms with van der Waals surface area (Å²) in [6.45, 7) is 4.11.